The number of nitrogens with zero attached hydrogens (tertiary/aromatic N) is 1. The minimum Gasteiger partial charge on any atom is -0.308 e. The van der Waals surface area contributed by atoms with Gasteiger partial charge in [-0.1, -0.05) is 84.9 Å². The van der Waals surface area contributed by atoms with Crippen LogP contribution in [0.3, 0.4) is 0 Å². The third-order valence-electron chi connectivity index (χ3n) is 7.15. The Morgan fingerprint density at radius 1 is 0.471 bits per heavy atom. The zero-order valence-electron chi connectivity index (χ0n) is 18.3. The van der Waals surface area contributed by atoms with E-state index in [1.807, 2.05) is 11.3 Å². The van der Waals surface area contributed by atoms with Crippen molar-refractivity contribution in [3.63, 3.8) is 0 Å². The number of rotatable bonds is 1. The molecule has 0 saturated heterocycles. The Hall–Kier alpha value is -4.14. The Kier molecular flexibility index (Phi) is 3.60. The molecule has 2 heterocycles. The lowest BCUT2D eigenvalue weighted by molar-refractivity contribution is 1.20. The average Bonchev–Trinajstić information content (AvgIpc) is 3.43. The minimum atomic E-state index is 1.25. The summed E-state index contributed by atoms with van der Waals surface area (Å²) in [7, 11) is 0. The van der Waals surface area contributed by atoms with E-state index in [9.17, 15) is 0 Å². The second-order valence-corrected chi connectivity index (χ2v) is 10.0. The molecule has 0 fully saturated rings. The first-order valence-electron chi connectivity index (χ1n) is 11.6. The zero-order chi connectivity index (χ0) is 22.2. The molecule has 0 saturated carbocycles. The van der Waals surface area contributed by atoms with Gasteiger partial charge in [-0.2, -0.15) is 0 Å². The van der Waals surface area contributed by atoms with Crippen molar-refractivity contribution in [1.82, 2.24) is 4.57 Å². The highest BCUT2D eigenvalue weighted by Gasteiger charge is 2.17. The van der Waals surface area contributed by atoms with Crippen LogP contribution >= 0.6 is 11.3 Å². The summed E-state index contributed by atoms with van der Waals surface area (Å²) in [4.78, 5) is 0. The van der Waals surface area contributed by atoms with Crippen molar-refractivity contribution in [2.24, 2.45) is 0 Å². The Balaban J connectivity index is 1.57. The van der Waals surface area contributed by atoms with Gasteiger partial charge < -0.3 is 4.57 Å². The van der Waals surface area contributed by atoms with Crippen LogP contribution < -0.4 is 0 Å². The molecule has 0 amide bonds. The summed E-state index contributed by atoms with van der Waals surface area (Å²) in [6.45, 7) is 0. The van der Waals surface area contributed by atoms with Gasteiger partial charge in [0.15, 0.2) is 0 Å². The van der Waals surface area contributed by atoms with Crippen LogP contribution in [-0.4, -0.2) is 4.57 Å². The van der Waals surface area contributed by atoms with Gasteiger partial charge in [0, 0.05) is 26.2 Å². The molecule has 2 heteroatoms. The van der Waals surface area contributed by atoms with Crippen LogP contribution in [0.25, 0.3) is 69.2 Å². The number of aromatic nitrogens is 1. The molecule has 2 aromatic heterocycles. The molecular weight excluding hydrogens is 430 g/mol. The van der Waals surface area contributed by atoms with Gasteiger partial charge in [0.2, 0.25) is 0 Å². The minimum absolute atomic E-state index is 1.25. The average molecular weight is 450 g/mol. The number of fused-ring (bicyclic) bond motifs is 9. The third kappa shape index (κ3) is 2.38. The standard InChI is InChI=1S/C32H19NS/c1-2-10-22-19-29-26(18-21(22)9-1)24-12-5-6-14-27(24)33(29)28-15-7-13-25-31-23-11-4-3-8-20(23)16-17-30(31)34-32(25)28/h1-19H. The normalized spacial score (nSPS) is 12.1. The van der Waals surface area contributed by atoms with E-state index in [0.29, 0.717) is 0 Å². The summed E-state index contributed by atoms with van der Waals surface area (Å²) in [6, 6.07) is 42.2. The summed E-state index contributed by atoms with van der Waals surface area (Å²) in [5.74, 6) is 0. The van der Waals surface area contributed by atoms with E-state index in [1.165, 1.54) is 69.2 Å². The maximum Gasteiger partial charge on any atom is 0.0640 e. The molecule has 6 aromatic carbocycles. The molecule has 0 N–H and O–H groups in total. The van der Waals surface area contributed by atoms with Crippen LogP contribution in [0.1, 0.15) is 0 Å². The zero-order valence-corrected chi connectivity index (χ0v) is 19.1. The molecule has 8 rings (SSSR count). The number of hydrogen-bond donors (Lipinski definition) is 0. The molecule has 0 radical (unpaired) electrons. The highest BCUT2D eigenvalue weighted by atomic mass is 32.1. The topological polar surface area (TPSA) is 4.93 Å². The van der Waals surface area contributed by atoms with E-state index >= 15 is 0 Å². The lowest BCUT2D eigenvalue weighted by Gasteiger charge is -2.10. The molecule has 0 aliphatic heterocycles. The molecule has 0 unspecified atom stereocenters. The predicted molar refractivity (Wildman–Crippen MR) is 149 cm³/mol. The number of hydrogen-bond acceptors (Lipinski definition) is 1. The quantitative estimate of drug-likeness (QED) is 0.235. The van der Waals surface area contributed by atoms with Gasteiger partial charge in [0.1, 0.15) is 0 Å². The van der Waals surface area contributed by atoms with Crippen LogP contribution in [0.15, 0.2) is 115 Å². The van der Waals surface area contributed by atoms with Crippen LogP contribution in [0, 0.1) is 0 Å². The molecule has 0 bridgehead atoms. The summed E-state index contributed by atoms with van der Waals surface area (Å²) in [5.41, 5.74) is 3.77. The molecule has 0 aliphatic rings. The van der Waals surface area contributed by atoms with E-state index in [2.05, 4.69) is 120 Å². The van der Waals surface area contributed by atoms with Crippen molar-refractivity contribution < 1.29 is 0 Å². The van der Waals surface area contributed by atoms with Gasteiger partial charge in [-0.3, -0.25) is 0 Å². The fourth-order valence-corrected chi connectivity index (χ4v) is 6.87. The van der Waals surface area contributed by atoms with Gasteiger partial charge in [0.25, 0.3) is 0 Å². The summed E-state index contributed by atoms with van der Waals surface area (Å²) >= 11 is 1.90. The smallest absolute Gasteiger partial charge is 0.0640 e. The summed E-state index contributed by atoms with van der Waals surface area (Å²) in [5, 5.41) is 10.5. The molecule has 34 heavy (non-hydrogen) atoms. The van der Waals surface area contributed by atoms with Gasteiger partial charge in [-0.25, -0.2) is 0 Å². The monoisotopic (exact) mass is 449 g/mol. The Morgan fingerprint density at radius 3 is 2.06 bits per heavy atom. The van der Waals surface area contributed by atoms with Crippen molar-refractivity contribution in [3.8, 4) is 5.69 Å². The van der Waals surface area contributed by atoms with E-state index in [0.717, 1.165) is 0 Å². The van der Waals surface area contributed by atoms with Crippen LogP contribution in [0.4, 0.5) is 0 Å². The van der Waals surface area contributed by atoms with Gasteiger partial charge in [-0.15, -0.1) is 11.3 Å². The Morgan fingerprint density at radius 2 is 1.18 bits per heavy atom. The second kappa shape index (κ2) is 6.69. The number of benzene rings is 6. The molecule has 0 atom stereocenters. The van der Waals surface area contributed by atoms with Crippen molar-refractivity contribution >= 4 is 74.9 Å². The second-order valence-electron chi connectivity index (χ2n) is 8.98. The van der Waals surface area contributed by atoms with Crippen molar-refractivity contribution in [2.75, 3.05) is 0 Å². The summed E-state index contributed by atoms with van der Waals surface area (Å²) in [6.07, 6.45) is 0. The van der Waals surface area contributed by atoms with Crippen molar-refractivity contribution in [3.05, 3.63) is 115 Å². The number of para-hydroxylation sites is 1. The Bertz CT molecular complexity index is 2070. The maximum absolute atomic E-state index is 2.47. The van der Waals surface area contributed by atoms with Crippen molar-refractivity contribution in [1.29, 1.82) is 0 Å². The van der Waals surface area contributed by atoms with E-state index in [4.69, 9.17) is 0 Å². The van der Waals surface area contributed by atoms with Crippen LogP contribution in [-0.2, 0) is 0 Å². The lowest BCUT2D eigenvalue weighted by Crippen LogP contribution is -1.93. The molecular formula is C32H19NS. The SMILES string of the molecule is c1ccc2cc3c(cc2c1)c1ccccc1n3-c1cccc2c1sc1ccc3ccccc3c12. The van der Waals surface area contributed by atoms with Gasteiger partial charge in [-0.05, 0) is 51.9 Å². The summed E-state index contributed by atoms with van der Waals surface area (Å²) < 4.78 is 5.15. The first-order valence-corrected chi connectivity index (χ1v) is 12.4. The molecule has 8 aromatic rings. The maximum atomic E-state index is 2.47. The molecule has 0 aliphatic carbocycles. The highest BCUT2D eigenvalue weighted by Crippen LogP contribution is 2.43. The predicted octanol–water partition coefficient (Wildman–Crippen LogP) is 9.46. The van der Waals surface area contributed by atoms with Crippen LogP contribution in [0.5, 0.6) is 0 Å². The molecule has 158 valence electrons. The molecule has 1 nitrogen and oxygen atoms in total. The Labute approximate surface area is 200 Å². The van der Waals surface area contributed by atoms with Gasteiger partial charge >= 0.3 is 0 Å². The van der Waals surface area contributed by atoms with E-state index < -0.39 is 0 Å². The highest BCUT2D eigenvalue weighted by molar-refractivity contribution is 7.26. The van der Waals surface area contributed by atoms with Gasteiger partial charge in [0.05, 0.1) is 21.4 Å². The van der Waals surface area contributed by atoms with Crippen molar-refractivity contribution in [2.45, 2.75) is 0 Å². The van der Waals surface area contributed by atoms with E-state index in [-0.39, 0.29) is 0 Å². The number of thiophene rings is 1. The van der Waals surface area contributed by atoms with E-state index in [1.54, 1.807) is 0 Å². The fourth-order valence-electron chi connectivity index (χ4n) is 5.64. The molecule has 0 spiro atoms. The first kappa shape index (κ1) is 18.3. The first-order chi connectivity index (χ1) is 16.9. The fraction of sp³-hybridized carbons (Fsp3) is 0. The largest absolute Gasteiger partial charge is 0.308 e. The third-order valence-corrected chi connectivity index (χ3v) is 8.34. The lowest BCUT2D eigenvalue weighted by atomic mass is 10.0. The van der Waals surface area contributed by atoms with Crippen LogP contribution in [0.2, 0.25) is 0 Å².